The zero-order valence-electron chi connectivity index (χ0n) is 16.4. The van der Waals surface area contributed by atoms with Crippen molar-refractivity contribution >= 4 is 71.9 Å². The van der Waals surface area contributed by atoms with Crippen molar-refractivity contribution in [2.24, 2.45) is 0 Å². The molecule has 3 aromatic carbocycles. The number of para-hydroxylation sites is 2. The number of nitrogens with zero attached hydrogens (tertiary/aromatic N) is 2. The summed E-state index contributed by atoms with van der Waals surface area (Å²) in [5.74, 6) is 0.800. The van der Waals surface area contributed by atoms with Gasteiger partial charge in [-0.25, -0.2) is 9.38 Å². The molecule has 0 fully saturated rings. The molecule has 0 amide bonds. The molecule has 0 saturated carbocycles. The van der Waals surface area contributed by atoms with Crippen molar-refractivity contribution in [3.8, 4) is 5.75 Å². The highest BCUT2D eigenvalue weighted by Crippen LogP contribution is 2.33. The lowest BCUT2D eigenvalue weighted by Crippen LogP contribution is -2.22. The standard InChI is InChI=1S/C24H16BrIN2O2S/c1-14-5-4-6-15(9-14)13-30-22-17(25)10-16(11-18(22)26)12-21-23(29)28-20-8-3-2-7-19(20)27-24(28)31-21/h2-12H,13H2,1H3/b21-12-. The van der Waals surface area contributed by atoms with E-state index in [-0.39, 0.29) is 5.56 Å². The van der Waals surface area contributed by atoms with Crippen molar-refractivity contribution < 1.29 is 4.74 Å². The van der Waals surface area contributed by atoms with Gasteiger partial charge in [0.1, 0.15) is 12.4 Å². The van der Waals surface area contributed by atoms with Crippen LogP contribution in [0, 0.1) is 10.5 Å². The summed E-state index contributed by atoms with van der Waals surface area (Å²) in [6.45, 7) is 2.57. The zero-order valence-corrected chi connectivity index (χ0v) is 21.0. The molecule has 0 unspecified atom stereocenters. The first-order valence-electron chi connectivity index (χ1n) is 9.59. The molecule has 2 heterocycles. The van der Waals surface area contributed by atoms with Crippen molar-refractivity contribution in [3.63, 3.8) is 0 Å². The minimum atomic E-state index is -0.0420. The Bertz CT molecular complexity index is 1530. The second-order valence-corrected chi connectivity index (χ2v) is 10.3. The molecule has 0 aliphatic rings. The number of fused-ring (bicyclic) bond motifs is 3. The summed E-state index contributed by atoms with van der Waals surface area (Å²) >= 11 is 7.31. The van der Waals surface area contributed by atoms with E-state index in [9.17, 15) is 4.79 Å². The third-order valence-electron chi connectivity index (χ3n) is 4.93. The number of hydrogen-bond acceptors (Lipinski definition) is 4. The number of halogens is 2. The molecule has 5 aromatic rings. The predicted molar refractivity (Wildman–Crippen MR) is 138 cm³/mol. The van der Waals surface area contributed by atoms with E-state index >= 15 is 0 Å². The van der Waals surface area contributed by atoms with Gasteiger partial charge in [0.05, 0.1) is 23.6 Å². The van der Waals surface area contributed by atoms with Crippen molar-refractivity contribution in [3.05, 3.63) is 100 Å². The van der Waals surface area contributed by atoms with Gasteiger partial charge < -0.3 is 4.74 Å². The number of hydrogen-bond donors (Lipinski definition) is 0. The monoisotopic (exact) mass is 602 g/mol. The van der Waals surface area contributed by atoms with Crippen molar-refractivity contribution in [1.82, 2.24) is 9.38 Å². The summed E-state index contributed by atoms with van der Waals surface area (Å²) in [5, 5.41) is 0. The lowest BCUT2D eigenvalue weighted by molar-refractivity contribution is 0.302. The number of aryl methyl sites for hydroxylation is 1. The van der Waals surface area contributed by atoms with Crippen LogP contribution in [0.3, 0.4) is 0 Å². The average molecular weight is 603 g/mol. The molecule has 31 heavy (non-hydrogen) atoms. The molecule has 5 rings (SSSR count). The van der Waals surface area contributed by atoms with E-state index in [1.165, 1.54) is 16.9 Å². The molecule has 154 valence electrons. The first kappa shape index (κ1) is 20.7. The van der Waals surface area contributed by atoms with Gasteiger partial charge in [0.2, 0.25) is 0 Å². The Morgan fingerprint density at radius 2 is 2.00 bits per heavy atom. The SMILES string of the molecule is Cc1cccc(COc2c(Br)cc(/C=c3\sc4nc5ccccc5n4c3=O)cc2I)c1. The Morgan fingerprint density at radius 3 is 2.81 bits per heavy atom. The van der Waals surface area contributed by atoms with Crippen LogP contribution in [-0.4, -0.2) is 9.38 Å². The minimum Gasteiger partial charge on any atom is -0.487 e. The summed E-state index contributed by atoms with van der Waals surface area (Å²) in [6, 6.07) is 20.0. The number of aromatic nitrogens is 2. The highest BCUT2D eigenvalue weighted by atomic mass is 127. The lowest BCUT2D eigenvalue weighted by Gasteiger charge is -2.12. The van der Waals surface area contributed by atoms with Gasteiger partial charge in [-0.3, -0.25) is 4.79 Å². The molecular weight excluding hydrogens is 587 g/mol. The van der Waals surface area contributed by atoms with E-state index in [4.69, 9.17) is 4.74 Å². The van der Waals surface area contributed by atoms with Crippen LogP contribution in [0.5, 0.6) is 5.75 Å². The molecule has 4 nitrogen and oxygen atoms in total. The maximum absolute atomic E-state index is 13.0. The van der Waals surface area contributed by atoms with Crippen LogP contribution in [-0.2, 0) is 6.61 Å². The van der Waals surface area contributed by atoms with Crippen LogP contribution in [0.25, 0.3) is 22.1 Å². The summed E-state index contributed by atoms with van der Waals surface area (Å²) in [4.78, 5) is 18.3. The van der Waals surface area contributed by atoms with Crippen LogP contribution in [0.15, 0.2) is 69.9 Å². The van der Waals surface area contributed by atoms with Gasteiger partial charge in [-0.2, -0.15) is 0 Å². The summed E-state index contributed by atoms with van der Waals surface area (Å²) in [7, 11) is 0. The lowest BCUT2D eigenvalue weighted by atomic mass is 10.1. The molecule has 0 atom stereocenters. The van der Waals surface area contributed by atoms with E-state index in [1.54, 1.807) is 4.40 Å². The van der Waals surface area contributed by atoms with Crippen LogP contribution >= 0.6 is 49.9 Å². The van der Waals surface area contributed by atoms with E-state index in [2.05, 4.69) is 68.6 Å². The number of thiazole rings is 1. The zero-order chi connectivity index (χ0) is 21.5. The van der Waals surface area contributed by atoms with Crippen molar-refractivity contribution in [1.29, 1.82) is 0 Å². The Labute approximate surface area is 204 Å². The molecule has 7 heteroatoms. The summed E-state index contributed by atoms with van der Waals surface area (Å²) < 4.78 is 10.3. The van der Waals surface area contributed by atoms with E-state index in [0.29, 0.717) is 16.1 Å². The molecule has 0 radical (unpaired) electrons. The fraction of sp³-hybridized carbons (Fsp3) is 0.0833. The molecule has 0 saturated heterocycles. The molecule has 0 bridgehead atoms. The number of rotatable bonds is 4. The number of benzene rings is 3. The largest absolute Gasteiger partial charge is 0.487 e. The molecule has 0 aliphatic heterocycles. The number of ether oxygens (including phenoxy) is 1. The van der Waals surface area contributed by atoms with Crippen molar-refractivity contribution in [2.75, 3.05) is 0 Å². The quantitative estimate of drug-likeness (QED) is 0.248. The van der Waals surface area contributed by atoms with Crippen molar-refractivity contribution in [2.45, 2.75) is 13.5 Å². The highest BCUT2D eigenvalue weighted by molar-refractivity contribution is 14.1. The molecule has 0 spiro atoms. The summed E-state index contributed by atoms with van der Waals surface area (Å²) in [6.07, 6.45) is 1.91. The fourth-order valence-corrected chi connectivity index (χ4v) is 6.28. The van der Waals surface area contributed by atoms with Gasteiger partial charge in [-0.1, -0.05) is 53.3 Å². The number of imidazole rings is 1. The van der Waals surface area contributed by atoms with Gasteiger partial charge >= 0.3 is 0 Å². The predicted octanol–water partition coefficient (Wildman–Crippen LogP) is 5.71. The second-order valence-electron chi connectivity index (χ2n) is 7.23. The Balaban J connectivity index is 1.49. The molecule has 0 aliphatic carbocycles. The molecule has 0 N–H and O–H groups in total. The van der Waals surface area contributed by atoms with Crippen LogP contribution in [0.4, 0.5) is 0 Å². The smallest absolute Gasteiger partial charge is 0.274 e. The maximum Gasteiger partial charge on any atom is 0.274 e. The average Bonchev–Trinajstić information content (AvgIpc) is 3.24. The third kappa shape index (κ3) is 4.02. The minimum absolute atomic E-state index is 0.0420. The van der Waals surface area contributed by atoms with Crippen LogP contribution in [0.1, 0.15) is 16.7 Å². The highest BCUT2D eigenvalue weighted by Gasteiger charge is 2.12. The van der Waals surface area contributed by atoms with E-state index in [1.807, 2.05) is 48.5 Å². The van der Waals surface area contributed by atoms with Gasteiger partial charge in [-0.15, -0.1) is 0 Å². The van der Waals surface area contributed by atoms with Gasteiger partial charge in [-0.05, 0) is 86.9 Å². The normalized spacial score (nSPS) is 12.2. The first-order valence-corrected chi connectivity index (χ1v) is 12.3. The van der Waals surface area contributed by atoms with Gasteiger partial charge in [0, 0.05) is 0 Å². The van der Waals surface area contributed by atoms with Crippen LogP contribution < -0.4 is 14.8 Å². The van der Waals surface area contributed by atoms with Crippen LogP contribution in [0.2, 0.25) is 0 Å². The van der Waals surface area contributed by atoms with E-state index < -0.39 is 0 Å². The first-order chi connectivity index (χ1) is 15.0. The topological polar surface area (TPSA) is 43.6 Å². The Kier molecular flexibility index (Phi) is 5.58. The van der Waals surface area contributed by atoms with E-state index in [0.717, 1.165) is 36.0 Å². The third-order valence-corrected chi connectivity index (χ3v) is 7.29. The Morgan fingerprint density at radius 1 is 1.16 bits per heavy atom. The van der Waals surface area contributed by atoms with Gasteiger partial charge in [0.25, 0.3) is 5.56 Å². The molecule has 2 aromatic heterocycles. The summed E-state index contributed by atoms with van der Waals surface area (Å²) in [5.41, 5.74) is 4.91. The fourth-order valence-electron chi connectivity index (χ4n) is 3.52. The Hall–Kier alpha value is -2.23. The maximum atomic E-state index is 13.0. The second kappa shape index (κ2) is 8.37. The molecular formula is C24H16BrIN2O2S. The van der Waals surface area contributed by atoms with Gasteiger partial charge in [0.15, 0.2) is 4.96 Å².